The van der Waals surface area contributed by atoms with Crippen LogP contribution in [0.4, 0.5) is 0 Å². The van der Waals surface area contributed by atoms with Crippen LogP contribution in [-0.4, -0.2) is 43.1 Å². The van der Waals surface area contributed by atoms with Crippen LogP contribution in [-0.2, 0) is 24.2 Å². The molecule has 1 aliphatic carbocycles. The van der Waals surface area contributed by atoms with Crippen molar-refractivity contribution < 1.29 is 4.79 Å². The van der Waals surface area contributed by atoms with E-state index >= 15 is 0 Å². The highest BCUT2D eigenvalue weighted by molar-refractivity contribution is 7.19. The van der Waals surface area contributed by atoms with Gasteiger partial charge in [-0.1, -0.05) is 6.92 Å². The molecule has 1 saturated heterocycles. The van der Waals surface area contributed by atoms with Crippen molar-refractivity contribution in [3.05, 3.63) is 27.3 Å². The molecule has 1 amide bonds. The van der Waals surface area contributed by atoms with E-state index in [0.29, 0.717) is 11.6 Å². The maximum atomic E-state index is 12.7. The van der Waals surface area contributed by atoms with E-state index in [0.717, 1.165) is 55.4 Å². The second kappa shape index (κ2) is 5.90. The van der Waals surface area contributed by atoms with Gasteiger partial charge in [0.2, 0.25) is 5.91 Å². The fraction of sp³-hybridized carbons (Fsp3) is 0.556. The largest absolute Gasteiger partial charge is 0.352 e. The van der Waals surface area contributed by atoms with Crippen molar-refractivity contribution in [2.45, 2.75) is 45.6 Å². The molecule has 0 radical (unpaired) electrons. The number of aryl methyl sites for hydroxylation is 1. The van der Waals surface area contributed by atoms with Crippen molar-refractivity contribution in [2.75, 3.05) is 13.1 Å². The van der Waals surface area contributed by atoms with Gasteiger partial charge in [0.15, 0.2) is 5.65 Å². The van der Waals surface area contributed by atoms with Gasteiger partial charge in [-0.2, -0.15) is 0 Å². The second-order valence-electron chi connectivity index (χ2n) is 7.50. The molecule has 0 aromatic carbocycles. The lowest BCUT2D eigenvalue weighted by Gasteiger charge is -2.17. The first-order valence-corrected chi connectivity index (χ1v) is 10.1. The van der Waals surface area contributed by atoms with Crippen molar-refractivity contribution in [1.82, 2.24) is 24.1 Å². The molecular formula is C18H21N5O2S. The summed E-state index contributed by atoms with van der Waals surface area (Å²) in [6, 6.07) is 0. The third-order valence-electron chi connectivity index (χ3n) is 5.62. The molecule has 1 atom stereocenters. The zero-order valence-corrected chi connectivity index (χ0v) is 15.6. The first kappa shape index (κ1) is 16.0. The molecule has 4 heterocycles. The monoisotopic (exact) mass is 371 g/mol. The summed E-state index contributed by atoms with van der Waals surface area (Å²) in [6.07, 6.45) is 6.85. The summed E-state index contributed by atoms with van der Waals surface area (Å²) in [5, 5.41) is 5.54. The van der Waals surface area contributed by atoms with E-state index in [1.807, 2.05) is 4.90 Å². The summed E-state index contributed by atoms with van der Waals surface area (Å²) in [7, 11) is 0. The lowest BCUT2D eigenvalue weighted by molar-refractivity contribution is -0.131. The zero-order valence-electron chi connectivity index (χ0n) is 14.8. The predicted octanol–water partition coefficient (Wildman–Crippen LogP) is 1.85. The molecule has 3 aromatic rings. The molecule has 0 spiro atoms. The molecule has 0 saturated carbocycles. The van der Waals surface area contributed by atoms with Gasteiger partial charge in [0.05, 0.1) is 5.39 Å². The van der Waals surface area contributed by atoms with E-state index in [2.05, 4.69) is 17.0 Å². The highest BCUT2D eigenvalue weighted by Crippen LogP contribution is 2.38. The van der Waals surface area contributed by atoms with E-state index in [1.165, 1.54) is 19.5 Å². The molecule has 1 fully saturated rings. The van der Waals surface area contributed by atoms with Gasteiger partial charge in [-0.25, -0.2) is 18.9 Å². The number of hydrogen-bond donors (Lipinski definition) is 0. The quantitative estimate of drug-likeness (QED) is 0.689. The summed E-state index contributed by atoms with van der Waals surface area (Å²) in [5.41, 5.74) is 1.65. The topological polar surface area (TPSA) is 72.5 Å². The van der Waals surface area contributed by atoms with E-state index in [-0.39, 0.29) is 18.1 Å². The third-order valence-corrected chi connectivity index (χ3v) is 6.78. The summed E-state index contributed by atoms with van der Waals surface area (Å²) in [5.74, 6) is 0.655. The van der Waals surface area contributed by atoms with Gasteiger partial charge in [-0.3, -0.25) is 4.79 Å². The molecule has 1 aliphatic heterocycles. The Kier molecular flexibility index (Phi) is 3.63. The van der Waals surface area contributed by atoms with Crippen LogP contribution in [0, 0.1) is 5.92 Å². The summed E-state index contributed by atoms with van der Waals surface area (Å²) in [6.45, 7) is 3.84. The Bertz CT molecular complexity index is 1070. The standard InChI is InChI=1S/C18H21N5O2S/c1-11-4-5-12-13(8-11)26-17-15(12)16-20-23(18(25)22(16)10-19-17)9-14(24)21-6-2-3-7-21/h10-11H,2-9H2,1H3/t11-/m1/s1. The van der Waals surface area contributed by atoms with E-state index in [9.17, 15) is 9.59 Å². The fourth-order valence-electron chi connectivity index (χ4n) is 4.16. The van der Waals surface area contributed by atoms with Gasteiger partial charge in [-0.15, -0.1) is 16.4 Å². The van der Waals surface area contributed by atoms with E-state index in [1.54, 1.807) is 17.7 Å². The summed E-state index contributed by atoms with van der Waals surface area (Å²) in [4.78, 5) is 33.8. The van der Waals surface area contributed by atoms with Crippen molar-refractivity contribution in [3.63, 3.8) is 0 Å². The second-order valence-corrected chi connectivity index (χ2v) is 8.58. The van der Waals surface area contributed by atoms with Crippen LogP contribution in [0.25, 0.3) is 15.9 Å². The summed E-state index contributed by atoms with van der Waals surface area (Å²) < 4.78 is 2.79. The van der Waals surface area contributed by atoms with Crippen LogP contribution in [0.2, 0.25) is 0 Å². The normalized spacial score (nSPS) is 20.2. The minimum Gasteiger partial charge on any atom is -0.341 e. The lowest BCUT2D eigenvalue weighted by Crippen LogP contribution is -2.34. The van der Waals surface area contributed by atoms with Crippen LogP contribution < -0.4 is 5.69 Å². The van der Waals surface area contributed by atoms with Gasteiger partial charge in [0, 0.05) is 18.0 Å². The SMILES string of the molecule is C[C@@H]1CCc2c(sc3ncn4c(=O)n(CC(=O)N5CCCC5)nc4c23)C1. The third kappa shape index (κ3) is 2.39. The van der Waals surface area contributed by atoms with Crippen LogP contribution in [0.1, 0.15) is 36.6 Å². The van der Waals surface area contributed by atoms with Crippen molar-refractivity contribution >= 4 is 33.1 Å². The smallest absolute Gasteiger partial charge is 0.341 e. The maximum Gasteiger partial charge on any atom is 0.352 e. The minimum absolute atomic E-state index is 0.00533. The van der Waals surface area contributed by atoms with Gasteiger partial charge < -0.3 is 4.90 Å². The predicted molar refractivity (Wildman–Crippen MR) is 99.6 cm³/mol. The molecular weight excluding hydrogens is 350 g/mol. The first-order chi connectivity index (χ1) is 12.6. The van der Waals surface area contributed by atoms with Crippen molar-refractivity contribution in [3.8, 4) is 0 Å². The van der Waals surface area contributed by atoms with Crippen molar-refractivity contribution in [2.24, 2.45) is 5.92 Å². The van der Waals surface area contributed by atoms with Crippen LogP contribution in [0.5, 0.6) is 0 Å². The number of carbonyl (C=O) groups excluding carboxylic acids is 1. The number of hydrogen-bond acceptors (Lipinski definition) is 5. The molecule has 0 bridgehead atoms. The highest BCUT2D eigenvalue weighted by Gasteiger charge is 2.25. The lowest BCUT2D eigenvalue weighted by atomic mass is 9.89. The Morgan fingerprint density at radius 2 is 2.15 bits per heavy atom. The summed E-state index contributed by atoms with van der Waals surface area (Å²) >= 11 is 1.72. The Morgan fingerprint density at radius 1 is 1.35 bits per heavy atom. The minimum atomic E-state index is -0.286. The number of rotatable bonds is 2. The van der Waals surface area contributed by atoms with Gasteiger partial charge in [0.1, 0.15) is 17.7 Å². The number of thiophene rings is 1. The Morgan fingerprint density at radius 3 is 2.96 bits per heavy atom. The van der Waals surface area contributed by atoms with Gasteiger partial charge >= 0.3 is 5.69 Å². The molecule has 8 heteroatoms. The van der Waals surface area contributed by atoms with Crippen LogP contribution in [0.3, 0.4) is 0 Å². The zero-order chi connectivity index (χ0) is 17.8. The Hall–Kier alpha value is -2.22. The van der Waals surface area contributed by atoms with Crippen LogP contribution in [0.15, 0.2) is 11.1 Å². The molecule has 2 aliphatic rings. The molecule has 5 rings (SSSR count). The number of amides is 1. The molecule has 0 N–H and O–H groups in total. The molecule has 26 heavy (non-hydrogen) atoms. The maximum absolute atomic E-state index is 12.7. The molecule has 7 nitrogen and oxygen atoms in total. The number of nitrogens with zero attached hydrogens (tertiary/aromatic N) is 5. The van der Waals surface area contributed by atoms with Gasteiger partial charge in [0.25, 0.3) is 0 Å². The fourth-order valence-corrected chi connectivity index (χ4v) is 5.51. The number of aromatic nitrogens is 4. The average molecular weight is 371 g/mol. The van der Waals surface area contributed by atoms with Gasteiger partial charge in [-0.05, 0) is 43.6 Å². The van der Waals surface area contributed by atoms with Crippen molar-refractivity contribution in [1.29, 1.82) is 0 Å². The molecule has 0 unspecified atom stereocenters. The van der Waals surface area contributed by atoms with Crippen LogP contribution >= 0.6 is 11.3 Å². The number of carbonyl (C=O) groups is 1. The number of fused-ring (bicyclic) bond motifs is 5. The Balaban J connectivity index is 1.61. The van der Waals surface area contributed by atoms with E-state index < -0.39 is 0 Å². The first-order valence-electron chi connectivity index (χ1n) is 9.28. The van der Waals surface area contributed by atoms with E-state index in [4.69, 9.17) is 0 Å². The average Bonchev–Trinajstić information content (AvgIpc) is 3.33. The Labute approximate surface area is 154 Å². The molecule has 3 aromatic heterocycles. The highest BCUT2D eigenvalue weighted by atomic mass is 32.1. The number of likely N-dealkylation sites (tertiary alicyclic amines) is 1. The molecule has 136 valence electrons.